The monoisotopic (exact) mass is 260 g/mol. The molecule has 0 amide bonds. The van der Waals surface area contributed by atoms with E-state index >= 15 is 0 Å². The van der Waals surface area contributed by atoms with Crippen LogP contribution in [-0.2, 0) is 0 Å². The lowest BCUT2D eigenvalue weighted by Crippen LogP contribution is -2.15. The Morgan fingerprint density at radius 1 is 1.00 bits per heavy atom. The fourth-order valence-electron chi connectivity index (χ4n) is 4.22. The lowest BCUT2D eigenvalue weighted by atomic mass is 9.81. The van der Waals surface area contributed by atoms with Gasteiger partial charge in [0.1, 0.15) is 0 Å². The average Bonchev–Trinajstić information content (AvgIpc) is 2.73. The van der Waals surface area contributed by atoms with Crippen molar-refractivity contribution in [1.29, 1.82) is 0 Å². The zero-order valence-electron chi connectivity index (χ0n) is 13.4. The molecule has 0 aromatic carbocycles. The first-order valence-electron chi connectivity index (χ1n) is 8.48. The molecule has 19 heavy (non-hydrogen) atoms. The molecule has 0 aliphatic heterocycles. The van der Waals surface area contributed by atoms with E-state index in [0.29, 0.717) is 0 Å². The van der Waals surface area contributed by atoms with Crippen molar-refractivity contribution in [3.8, 4) is 0 Å². The van der Waals surface area contributed by atoms with Crippen molar-refractivity contribution in [2.24, 2.45) is 29.6 Å². The van der Waals surface area contributed by atoms with Gasteiger partial charge >= 0.3 is 0 Å². The van der Waals surface area contributed by atoms with Gasteiger partial charge in [0, 0.05) is 0 Å². The van der Waals surface area contributed by atoms with Crippen LogP contribution in [0.2, 0.25) is 0 Å². The van der Waals surface area contributed by atoms with E-state index in [0.717, 1.165) is 29.6 Å². The summed E-state index contributed by atoms with van der Waals surface area (Å²) in [5.74, 6) is 4.26. The first-order chi connectivity index (χ1) is 9.11. The first-order valence-corrected chi connectivity index (χ1v) is 8.48. The van der Waals surface area contributed by atoms with Crippen molar-refractivity contribution in [3.63, 3.8) is 0 Å². The van der Waals surface area contributed by atoms with Gasteiger partial charge in [-0.05, 0) is 55.3 Å². The highest BCUT2D eigenvalue weighted by Gasteiger charge is 2.40. The van der Waals surface area contributed by atoms with Gasteiger partial charge in [0.15, 0.2) is 0 Å². The van der Waals surface area contributed by atoms with Crippen LogP contribution >= 0.6 is 0 Å². The van der Waals surface area contributed by atoms with E-state index < -0.39 is 0 Å². The Balaban J connectivity index is 2.27. The molecule has 0 radical (unpaired) electrons. The molecule has 0 aromatic heterocycles. The standard InChI is InChI=1S/C19H32/c1-14(2)18-13-19(15(3)4)17-12-10-8-6-5-7-9-11-16(17)18/h7,9,11,14-15,17-19H,5-6,8,10,12-13H2,1-4H3/b9-7-,16-11+. The molecular weight excluding hydrogens is 228 g/mol. The van der Waals surface area contributed by atoms with Gasteiger partial charge in [-0.25, -0.2) is 0 Å². The van der Waals surface area contributed by atoms with Gasteiger partial charge in [0.2, 0.25) is 0 Å². The van der Waals surface area contributed by atoms with Crippen molar-refractivity contribution >= 4 is 0 Å². The van der Waals surface area contributed by atoms with Crippen molar-refractivity contribution in [2.75, 3.05) is 0 Å². The van der Waals surface area contributed by atoms with Gasteiger partial charge in [-0.15, -0.1) is 0 Å². The van der Waals surface area contributed by atoms with Crippen molar-refractivity contribution in [1.82, 2.24) is 0 Å². The summed E-state index contributed by atoms with van der Waals surface area (Å²) in [5, 5.41) is 0. The highest BCUT2D eigenvalue weighted by atomic mass is 14.4. The summed E-state index contributed by atoms with van der Waals surface area (Å²) in [6, 6.07) is 0. The molecule has 0 heteroatoms. The molecule has 0 aromatic rings. The quantitative estimate of drug-likeness (QED) is 0.571. The van der Waals surface area contributed by atoms with Crippen LogP contribution in [-0.4, -0.2) is 0 Å². The smallest absolute Gasteiger partial charge is 0.0166 e. The van der Waals surface area contributed by atoms with Gasteiger partial charge in [-0.3, -0.25) is 0 Å². The average molecular weight is 260 g/mol. The summed E-state index contributed by atoms with van der Waals surface area (Å²) in [4.78, 5) is 0. The van der Waals surface area contributed by atoms with Gasteiger partial charge in [0.25, 0.3) is 0 Å². The van der Waals surface area contributed by atoms with E-state index in [1.165, 1.54) is 38.5 Å². The highest BCUT2D eigenvalue weighted by molar-refractivity contribution is 5.24. The molecule has 2 aliphatic rings. The Morgan fingerprint density at radius 2 is 1.79 bits per heavy atom. The second-order valence-corrected chi connectivity index (χ2v) is 7.33. The summed E-state index contributed by atoms with van der Waals surface area (Å²) in [5.41, 5.74) is 1.78. The van der Waals surface area contributed by atoms with Crippen LogP contribution in [0, 0.1) is 29.6 Å². The maximum Gasteiger partial charge on any atom is -0.0166 e. The second kappa shape index (κ2) is 6.77. The van der Waals surface area contributed by atoms with Crippen molar-refractivity contribution in [2.45, 2.75) is 66.2 Å². The van der Waals surface area contributed by atoms with E-state index in [-0.39, 0.29) is 0 Å². The summed E-state index contributed by atoms with van der Waals surface area (Å²) < 4.78 is 0. The van der Waals surface area contributed by atoms with E-state index in [9.17, 15) is 0 Å². The topological polar surface area (TPSA) is 0 Å². The largest absolute Gasteiger partial charge is 0.0845 e. The van der Waals surface area contributed by atoms with E-state index in [1.807, 2.05) is 0 Å². The van der Waals surface area contributed by atoms with E-state index in [4.69, 9.17) is 0 Å². The Labute approximate surface area is 120 Å². The van der Waals surface area contributed by atoms with Gasteiger partial charge < -0.3 is 0 Å². The molecule has 2 aliphatic carbocycles. The number of allylic oxidation sites excluding steroid dienone is 4. The predicted octanol–water partition coefficient (Wildman–Crippen LogP) is 6.00. The van der Waals surface area contributed by atoms with Gasteiger partial charge in [-0.2, -0.15) is 0 Å². The molecule has 1 fully saturated rings. The van der Waals surface area contributed by atoms with Gasteiger partial charge in [-0.1, -0.05) is 64.3 Å². The molecule has 1 saturated carbocycles. The third-order valence-electron chi connectivity index (χ3n) is 5.37. The van der Waals surface area contributed by atoms with Crippen LogP contribution in [0.5, 0.6) is 0 Å². The maximum atomic E-state index is 2.49. The Hall–Kier alpha value is -0.520. The third kappa shape index (κ3) is 3.52. The van der Waals surface area contributed by atoms with Crippen LogP contribution in [0.3, 0.4) is 0 Å². The summed E-state index contributed by atoms with van der Waals surface area (Å²) in [7, 11) is 0. The molecule has 0 N–H and O–H groups in total. The molecular formula is C19H32. The molecule has 0 spiro atoms. The molecule has 3 unspecified atom stereocenters. The number of rotatable bonds is 2. The SMILES string of the molecule is CC(C)C1CC(C(C)C)C2CCCCC/C=C\C=C\12. The van der Waals surface area contributed by atoms with E-state index in [1.54, 1.807) is 5.57 Å². The van der Waals surface area contributed by atoms with Gasteiger partial charge in [0.05, 0.1) is 0 Å². The molecule has 108 valence electrons. The molecule has 0 bridgehead atoms. The van der Waals surface area contributed by atoms with Crippen LogP contribution in [0.15, 0.2) is 23.8 Å². The van der Waals surface area contributed by atoms with Crippen LogP contribution < -0.4 is 0 Å². The molecule has 0 heterocycles. The number of fused-ring (bicyclic) bond motifs is 1. The zero-order chi connectivity index (χ0) is 13.8. The maximum absolute atomic E-state index is 2.49. The van der Waals surface area contributed by atoms with Crippen molar-refractivity contribution < 1.29 is 0 Å². The predicted molar refractivity (Wildman–Crippen MR) is 85.1 cm³/mol. The minimum Gasteiger partial charge on any atom is -0.0845 e. The molecule has 2 rings (SSSR count). The second-order valence-electron chi connectivity index (χ2n) is 7.33. The molecule has 0 saturated heterocycles. The fraction of sp³-hybridized carbons (Fsp3) is 0.789. The summed E-state index contributed by atoms with van der Waals surface area (Å²) in [6.07, 6.45) is 15.6. The first kappa shape index (κ1) is 14.9. The fourth-order valence-corrected chi connectivity index (χ4v) is 4.22. The molecule has 0 nitrogen and oxygen atoms in total. The van der Waals surface area contributed by atoms with E-state index in [2.05, 4.69) is 45.9 Å². The van der Waals surface area contributed by atoms with Crippen LogP contribution in [0.1, 0.15) is 66.2 Å². The lowest BCUT2D eigenvalue weighted by Gasteiger charge is -2.24. The minimum atomic E-state index is 0.800. The molecule has 3 atom stereocenters. The Kier molecular flexibility index (Phi) is 5.30. The Bertz CT molecular complexity index is 332. The van der Waals surface area contributed by atoms with Crippen LogP contribution in [0.25, 0.3) is 0 Å². The Morgan fingerprint density at radius 3 is 2.47 bits per heavy atom. The van der Waals surface area contributed by atoms with Crippen LogP contribution in [0.4, 0.5) is 0 Å². The number of hydrogen-bond acceptors (Lipinski definition) is 0. The van der Waals surface area contributed by atoms with Crippen molar-refractivity contribution in [3.05, 3.63) is 23.8 Å². The zero-order valence-corrected chi connectivity index (χ0v) is 13.4. The third-order valence-corrected chi connectivity index (χ3v) is 5.37. The normalized spacial score (nSPS) is 36.9. The summed E-state index contributed by atoms with van der Waals surface area (Å²) >= 11 is 0. The minimum absolute atomic E-state index is 0.800. The highest BCUT2D eigenvalue weighted by Crippen LogP contribution is 2.49. The summed E-state index contributed by atoms with van der Waals surface area (Å²) in [6.45, 7) is 9.68. The number of hydrogen-bond donors (Lipinski definition) is 0. The lowest BCUT2D eigenvalue weighted by molar-refractivity contribution is 0.284.